The van der Waals surface area contributed by atoms with Crippen molar-refractivity contribution < 1.29 is 97.9 Å². The summed E-state index contributed by atoms with van der Waals surface area (Å²) >= 11 is 0. The van der Waals surface area contributed by atoms with Gasteiger partial charge >= 0.3 is 17.9 Å². The van der Waals surface area contributed by atoms with Gasteiger partial charge in [-0.05, 0) is 49.4 Å². The van der Waals surface area contributed by atoms with E-state index < -0.39 is 139 Å². The SMILES string of the molecule is C.CC(C)=O.COC=N[C@H]1C(C(C)C(C)CO)O[C@@](OCC(C)C(C)C2O[C@@](OCC(C)C(C)C3O[C@@](O)(C(=O)O)C[C@@H](O)[C@H]3N=COC)(C(=O)O)C[C@@H](O)[C@H]2N=COC)(C(=O)O)C[C@H]1O. The van der Waals surface area contributed by atoms with Crippen molar-refractivity contribution >= 4 is 42.9 Å². The molecule has 0 bridgehead atoms. The number of nitrogens with zero attached hydrogens (tertiary/aromatic N) is 3. The topological polar surface area (TPSA) is 341 Å². The van der Waals surface area contributed by atoms with Gasteiger partial charge in [-0.15, -0.1) is 0 Å². The molecule has 66 heavy (non-hydrogen) atoms. The van der Waals surface area contributed by atoms with Crippen molar-refractivity contribution in [1.82, 2.24) is 0 Å². The molecule has 3 heterocycles. The molecule has 9 unspecified atom stereocenters. The van der Waals surface area contributed by atoms with Gasteiger partial charge in [0.15, 0.2) is 19.2 Å². The van der Waals surface area contributed by atoms with Gasteiger partial charge in [0.1, 0.15) is 23.9 Å². The van der Waals surface area contributed by atoms with Gasteiger partial charge in [-0.1, -0.05) is 49.0 Å². The number of carboxylic acid groups (broad SMARTS) is 3. The zero-order valence-corrected chi connectivity index (χ0v) is 39.0. The Kier molecular flexibility index (Phi) is 24.2. The minimum atomic E-state index is -2.74. The number of methoxy groups -OCH3 is 3. The molecule has 0 aliphatic carbocycles. The maximum absolute atomic E-state index is 13.1. The third-order valence-corrected chi connectivity index (χ3v) is 12.3. The number of hydrogen-bond donors (Lipinski definition) is 8. The lowest BCUT2D eigenvalue weighted by Crippen LogP contribution is -2.62. The van der Waals surface area contributed by atoms with Crippen LogP contribution in [0.1, 0.15) is 82.1 Å². The number of carbonyl (C=O) groups is 4. The monoisotopic (exact) mass is 953 g/mol. The number of hydrogen-bond acceptors (Lipinski definition) is 20. The van der Waals surface area contributed by atoms with Gasteiger partial charge in [-0.3, -0.25) is 0 Å². The van der Waals surface area contributed by atoms with Crippen LogP contribution in [0.25, 0.3) is 0 Å². The molecule has 0 spiro atoms. The molecule has 3 fully saturated rings. The highest BCUT2D eigenvalue weighted by molar-refractivity contribution is 5.77. The van der Waals surface area contributed by atoms with Crippen LogP contribution in [0.4, 0.5) is 0 Å². The molecule has 0 aromatic carbocycles. The van der Waals surface area contributed by atoms with E-state index in [1.54, 1.807) is 41.5 Å². The first kappa shape index (κ1) is 60.1. The molecule has 3 rings (SSSR count). The van der Waals surface area contributed by atoms with Crippen molar-refractivity contribution in [3.05, 3.63) is 0 Å². The van der Waals surface area contributed by atoms with Crippen molar-refractivity contribution in [3.63, 3.8) is 0 Å². The minimum Gasteiger partial charge on any atom is -0.487 e. The summed E-state index contributed by atoms with van der Waals surface area (Å²) in [5.41, 5.74) is 0. The second-order valence-corrected chi connectivity index (χ2v) is 17.4. The third-order valence-electron chi connectivity index (χ3n) is 12.3. The number of carboxylic acids is 3. The molecule has 23 nitrogen and oxygen atoms in total. The summed E-state index contributed by atoms with van der Waals surface area (Å²) in [5.74, 6) is -16.0. The van der Waals surface area contributed by atoms with Crippen LogP contribution in [0.2, 0.25) is 0 Å². The number of aliphatic imine (C=N–C) groups is 3. The number of carbonyl (C=O) groups excluding carboxylic acids is 1. The number of aliphatic hydroxyl groups is 5. The predicted octanol–water partition coefficient (Wildman–Crippen LogP) is 0.974. The molecule has 3 saturated heterocycles. The summed E-state index contributed by atoms with van der Waals surface area (Å²) in [7, 11) is 4.00. The maximum Gasteiger partial charge on any atom is 0.364 e. The van der Waals surface area contributed by atoms with E-state index in [0.717, 1.165) is 19.2 Å². The Bertz CT molecular complexity index is 1630. The lowest BCUT2D eigenvalue weighted by molar-refractivity contribution is -0.315. The van der Waals surface area contributed by atoms with Crippen LogP contribution in [0.5, 0.6) is 0 Å². The van der Waals surface area contributed by atoms with Crippen LogP contribution < -0.4 is 0 Å². The minimum absolute atomic E-state index is 0. The van der Waals surface area contributed by atoms with Crippen LogP contribution in [0.15, 0.2) is 15.0 Å². The highest BCUT2D eigenvalue weighted by Gasteiger charge is 2.58. The smallest absolute Gasteiger partial charge is 0.364 e. The Hall–Kier alpha value is -3.91. The molecular formula is C43H75N3O20. The normalized spacial score (nSPS) is 35.3. The molecule has 0 radical (unpaired) electrons. The van der Waals surface area contributed by atoms with Crippen molar-refractivity contribution in [3.8, 4) is 0 Å². The summed E-state index contributed by atoms with van der Waals surface area (Å²) in [6.07, 6.45) is -6.42. The number of ether oxygens (including phenoxy) is 8. The molecule has 0 amide bonds. The largest absolute Gasteiger partial charge is 0.487 e. The van der Waals surface area contributed by atoms with Crippen LogP contribution in [0, 0.1) is 35.5 Å². The first-order valence-corrected chi connectivity index (χ1v) is 21.3. The van der Waals surface area contributed by atoms with E-state index in [2.05, 4.69) is 15.0 Å². The number of aliphatic hydroxyl groups excluding tert-OH is 4. The van der Waals surface area contributed by atoms with E-state index in [-0.39, 0.29) is 38.9 Å². The van der Waals surface area contributed by atoms with Crippen LogP contribution >= 0.6 is 0 Å². The van der Waals surface area contributed by atoms with Crippen LogP contribution in [0.3, 0.4) is 0 Å². The predicted molar refractivity (Wildman–Crippen MR) is 235 cm³/mol. The second-order valence-electron chi connectivity index (χ2n) is 17.4. The Morgan fingerprint density at radius 2 is 0.894 bits per heavy atom. The summed E-state index contributed by atoms with van der Waals surface area (Å²) in [6.45, 7) is 12.1. The van der Waals surface area contributed by atoms with Gasteiger partial charge in [-0.25, -0.2) is 29.4 Å². The van der Waals surface area contributed by atoms with Gasteiger partial charge in [-0.2, -0.15) is 0 Å². The van der Waals surface area contributed by atoms with E-state index in [0.29, 0.717) is 0 Å². The molecule has 8 N–H and O–H groups in total. The fourth-order valence-corrected chi connectivity index (χ4v) is 7.77. The van der Waals surface area contributed by atoms with Crippen molar-refractivity contribution in [2.45, 2.75) is 154 Å². The number of ketones is 1. The molecule has 382 valence electrons. The fourth-order valence-electron chi connectivity index (χ4n) is 7.77. The summed E-state index contributed by atoms with van der Waals surface area (Å²) in [4.78, 5) is 60.0. The van der Waals surface area contributed by atoms with Gasteiger partial charge in [0, 0.05) is 25.9 Å². The Morgan fingerprint density at radius 3 is 1.18 bits per heavy atom. The van der Waals surface area contributed by atoms with E-state index in [1.807, 2.05) is 0 Å². The highest BCUT2D eigenvalue weighted by Crippen LogP contribution is 2.42. The zero-order chi connectivity index (χ0) is 49.6. The first-order valence-electron chi connectivity index (χ1n) is 21.3. The number of Topliss-reactive ketones (excluding diaryl/α,β-unsaturated/α-hetero) is 1. The molecule has 23 heteroatoms. The van der Waals surface area contributed by atoms with Gasteiger partial charge in [0.25, 0.3) is 17.4 Å². The summed E-state index contributed by atoms with van der Waals surface area (Å²) < 4.78 is 45.0. The fraction of sp³-hybridized carbons (Fsp3) is 0.837. The maximum atomic E-state index is 13.1. The summed E-state index contributed by atoms with van der Waals surface area (Å²) in [5, 5.41) is 84.9. The standard InChI is InChI=1S/C39H65N3O19.C3H6O.CH4/c1-19(13-43)22(4)32-29(41-17-55-8)26(45)11-38(60-32,35(49)50)58-15-21(3)24(6)33-30(42-18-56-9)27(46)12-39(61-33,36(51)52)57-14-20(2)23(5)31-28(40-16-54-7)25(44)10-37(53,59-31)34(47)48;1-3(2)4;/h16-33,43-46,53H,10-15H2,1-9H3,(H,47,48)(H,49,50)(H,51,52);1-2H3;1H4/t19?,20?,21?,22?,23?,24?,25-,26-,27-,28-,29-,30-,31?,32?,33?,37-,38-,39-;;/m1../s1. The Balaban J connectivity index is 0.00000417. The van der Waals surface area contributed by atoms with E-state index >= 15 is 0 Å². The Morgan fingerprint density at radius 1 is 0.591 bits per heavy atom. The van der Waals surface area contributed by atoms with Crippen molar-refractivity contribution in [1.29, 1.82) is 0 Å². The van der Waals surface area contributed by atoms with E-state index in [4.69, 9.17) is 37.9 Å². The molecule has 0 saturated carbocycles. The highest BCUT2D eigenvalue weighted by atomic mass is 16.7. The molecule has 0 aromatic heterocycles. The second kappa shape index (κ2) is 26.6. The van der Waals surface area contributed by atoms with Gasteiger partial charge in [0.2, 0.25) is 0 Å². The van der Waals surface area contributed by atoms with Gasteiger partial charge in [0.05, 0.1) is 71.2 Å². The van der Waals surface area contributed by atoms with Crippen molar-refractivity contribution in [2.75, 3.05) is 41.2 Å². The van der Waals surface area contributed by atoms with E-state index in [9.17, 15) is 60.0 Å². The molecule has 3 aliphatic rings. The molecule has 0 aromatic rings. The number of aliphatic carboxylic acids is 3. The van der Waals surface area contributed by atoms with Crippen molar-refractivity contribution in [2.24, 2.45) is 50.5 Å². The quantitative estimate of drug-likeness (QED) is 0.0554. The average Bonchev–Trinajstić information content (AvgIpc) is 3.24. The Labute approximate surface area is 386 Å². The summed E-state index contributed by atoms with van der Waals surface area (Å²) in [6, 6.07) is -3.15. The lowest BCUT2D eigenvalue weighted by Gasteiger charge is -2.48. The number of rotatable bonds is 22. The van der Waals surface area contributed by atoms with E-state index in [1.165, 1.54) is 35.2 Å². The lowest BCUT2D eigenvalue weighted by atomic mass is 9.81. The third kappa shape index (κ3) is 15.0. The molecular weight excluding hydrogens is 878 g/mol. The zero-order valence-electron chi connectivity index (χ0n) is 39.0. The molecule has 18 atom stereocenters. The first-order chi connectivity index (χ1) is 30.3. The van der Waals surface area contributed by atoms with Crippen LogP contribution in [-0.4, -0.2) is 197 Å². The molecule has 3 aliphatic heterocycles. The average molecular weight is 954 g/mol. The van der Waals surface area contributed by atoms with Gasteiger partial charge < -0.3 is 83.5 Å². The van der Waals surface area contributed by atoms with Crippen LogP contribution in [-0.2, 0) is 57.1 Å².